The minimum atomic E-state index is -0.431. The molecule has 8 heteroatoms. The minimum absolute atomic E-state index is 0.0953. The van der Waals surface area contributed by atoms with Crippen LogP contribution < -0.4 is 10.6 Å². The number of halogens is 1. The fraction of sp³-hybridized carbons (Fsp3) is 0.250. The molecule has 0 aliphatic carbocycles. The van der Waals surface area contributed by atoms with Crippen LogP contribution in [0.15, 0.2) is 21.3 Å². The van der Waals surface area contributed by atoms with Crippen molar-refractivity contribution >= 4 is 55.5 Å². The summed E-state index contributed by atoms with van der Waals surface area (Å²) < 4.78 is 1.04. The number of aromatic nitrogens is 1. The van der Waals surface area contributed by atoms with Crippen molar-refractivity contribution in [3.8, 4) is 10.6 Å². The number of primary amides is 1. The number of nitrogens with two attached hydrogens (primary N) is 1. The Bertz CT molecular complexity index is 682. The second-order valence-electron chi connectivity index (χ2n) is 4.43. The van der Waals surface area contributed by atoms with Gasteiger partial charge in [0.1, 0.15) is 0 Å². The Labute approximate surface area is 131 Å². The van der Waals surface area contributed by atoms with Crippen molar-refractivity contribution in [2.24, 2.45) is 11.7 Å². The zero-order chi connectivity index (χ0) is 14.3. The van der Waals surface area contributed by atoms with Gasteiger partial charge in [-0.3, -0.25) is 14.5 Å². The molecule has 2 aromatic heterocycles. The highest BCUT2D eigenvalue weighted by Gasteiger charge is 2.35. The summed E-state index contributed by atoms with van der Waals surface area (Å²) in [7, 11) is 0. The highest BCUT2D eigenvalue weighted by Crippen LogP contribution is 2.35. The predicted octanol–water partition coefficient (Wildman–Crippen LogP) is 2.47. The van der Waals surface area contributed by atoms with E-state index in [0.29, 0.717) is 11.7 Å². The molecule has 0 bridgehead atoms. The molecule has 0 radical (unpaired) electrons. The number of hydrogen-bond donors (Lipinski definition) is 1. The topological polar surface area (TPSA) is 76.3 Å². The van der Waals surface area contributed by atoms with Gasteiger partial charge in [-0.2, -0.15) is 0 Å². The van der Waals surface area contributed by atoms with E-state index in [1.807, 2.05) is 17.5 Å². The Morgan fingerprint density at radius 3 is 2.90 bits per heavy atom. The molecule has 1 saturated heterocycles. The first-order valence-corrected chi connectivity index (χ1v) is 8.34. The van der Waals surface area contributed by atoms with Gasteiger partial charge < -0.3 is 5.73 Å². The van der Waals surface area contributed by atoms with Crippen LogP contribution in [-0.4, -0.2) is 23.3 Å². The molecule has 3 rings (SSSR count). The minimum Gasteiger partial charge on any atom is -0.369 e. The van der Waals surface area contributed by atoms with Crippen LogP contribution in [0.3, 0.4) is 0 Å². The van der Waals surface area contributed by atoms with Crippen LogP contribution in [0.2, 0.25) is 0 Å². The van der Waals surface area contributed by atoms with Crippen LogP contribution in [0, 0.1) is 5.92 Å². The fourth-order valence-corrected chi connectivity index (χ4v) is 4.31. The molecular weight excluding hydrogens is 362 g/mol. The summed E-state index contributed by atoms with van der Waals surface area (Å²) in [4.78, 5) is 30.2. The first-order valence-electron chi connectivity index (χ1n) is 5.85. The lowest BCUT2D eigenvalue weighted by Crippen LogP contribution is -2.28. The van der Waals surface area contributed by atoms with Crippen molar-refractivity contribution < 1.29 is 9.59 Å². The predicted molar refractivity (Wildman–Crippen MR) is 82.8 cm³/mol. The Hall–Kier alpha value is -1.25. The van der Waals surface area contributed by atoms with Gasteiger partial charge in [0.05, 0.1) is 20.3 Å². The Morgan fingerprint density at radius 2 is 2.30 bits per heavy atom. The van der Waals surface area contributed by atoms with E-state index in [0.717, 1.165) is 14.4 Å². The number of carbonyl (C=O) groups is 2. The molecule has 3 heterocycles. The SMILES string of the molecule is NC(=O)C1CC(=O)N(c2nc(-c3ccc(Br)s3)cs2)C1. The molecule has 104 valence electrons. The maximum atomic E-state index is 11.9. The molecule has 2 amide bonds. The Kier molecular flexibility index (Phi) is 3.61. The van der Waals surface area contributed by atoms with Gasteiger partial charge in [0.15, 0.2) is 5.13 Å². The summed E-state index contributed by atoms with van der Waals surface area (Å²) in [5, 5.41) is 2.54. The summed E-state index contributed by atoms with van der Waals surface area (Å²) in [5.74, 6) is -0.937. The third-order valence-electron chi connectivity index (χ3n) is 3.08. The van der Waals surface area contributed by atoms with Crippen LogP contribution in [0.4, 0.5) is 5.13 Å². The number of rotatable bonds is 3. The summed E-state index contributed by atoms with van der Waals surface area (Å²) in [6, 6.07) is 3.94. The summed E-state index contributed by atoms with van der Waals surface area (Å²) in [6.07, 6.45) is 0.175. The number of anilines is 1. The number of thiazole rings is 1. The molecule has 1 atom stereocenters. The summed E-state index contributed by atoms with van der Waals surface area (Å²) in [6.45, 7) is 0.329. The number of thiophene rings is 1. The Morgan fingerprint density at radius 1 is 1.50 bits per heavy atom. The molecule has 1 fully saturated rings. The zero-order valence-electron chi connectivity index (χ0n) is 10.2. The van der Waals surface area contributed by atoms with Gasteiger partial charge in [0.2, 0.25) is 11.8 Å². The van der Waals surface area contributed by atoms with E-state index in [9.17, 15) is 9.59 Å². The first kappa shape index (κ1) is 13.7. The molecule has 0 spiro atoms. The first-order chi connectivity index (χ1) is 9.54. The highest BCUT2D eigenvalue weighted by atomic mass is 79.9. The smallest absolute Gasteiger partial charge is 0.229 e. The standard InChI is InChI=1S/C12H10BrN3O2S2/c13-9-2-1-8(20-9)7-5-19-12(15-7)16-4-6(11(14)18)3-10(16)17/h1-2,5-6H,3-4H2,(H2,14,18). The molecule has 2 aromatic rings. The van der Waals surface area contributed by atoms with Gasteiger partial charge in [-0.1, -0.05) is 0 Å². The molecule has 1 unspecified atom stereocenters. The number of carbonyl (C=O) groups excluding carboxylic acids is 2. The van der Waals surface area contributed by atoms with Gasteiger partial charge in [-0.15, -0.1) is 22.7 Å². The lowest BCUT2D eigenvalue weighted by atomic mass is 10.1. The molecule has 2 N–H and O–H groups in total. The van der Waals surface area contributed by atoms with E-state index in [-0.39, 0.29) is 12.3 Å². The largest absolute Gasteiger partial charge is 0.369 e. The molecule has 20 heavy (non-hydrogen) atoms. The molecule has 1 aliphatic rings. The monoisotopic (exact) mass is 371 g/mol. The van der Waals surface area contributed by atoms with Gasteiger partial charge >= 0.3 is 0 Å². The van der Waals surface area contributed by atoms with E-state index in [1.54, 1.807) is 16.2 Å². The van der Waals surface area contributed by atoms with Crippen molar-refractivity contribution in [1.29, 1.82) is 0 Å². The van der Waals surface area contributed by atoms with Crippen molar-refractivity contribution in [3.05, 3.63) is 21.3 Å². The van der Waals surface area contributed by atoms with Gasteiger partial charge in [-0.05, 0) is 28.1 Å². The third kappa shape index (κ3) is 2.50. The van der Waals surface area contributed by atoms with Crippen LogP contribution in [0.25, 0.3) is 10.6 Å². The summed E-state index contributed by atoms with van der Waals surface area (Å²) in [5.41, 5.74) is 6.10. The van der Waals surface area contributed by atoms with E-state index in [1.165, 1.54) is 11.3 Å². The van der Waals surface area contributed by atoms with Crippen molar-refractivity contribution in [2.75, 3.05) is 11.4 Å². The van der Waals surface area contributed by atoms with E-state index in [2.05, 4.69) is 20.9 Å². The molecule has 1 aliphatic heterocycles. The van der Waals surface area contributed by atoms with E-state index in [4.69, 9.17) is 5.73 Å². The van der Waals surface area contributed by atoms with Crippen molar-refractivity contribution in [3.63, 3.8) is 0 Å². The lowest BCUT2D eigenvalue weighted by molar-refractivity contribution is -0.123. The number of nitrogens with zero attached hydrogens (tertiary/aromatic N) is 2. The fourth-order valence-electron chi connectivity index (χ4n) is 2.04. The van der Waals surface area contributed by atoms with Crippen molar-refractivity contribution in [1.82, 2.24) is 4.98 Å². The van der Waals surface area contributed by atoms with Crippen molar-refractivity contribution in [2.45, 2.75) is 6.42 Å². The molecule has 0 saturated carbocycles. The molecule has 0 aromatic carbocycles. The maximum absolute atomic E-state index is 11.9. The maximum Gasteiger partial charge on any atom is 0.229 e. The number of hydrogen-bond acceptors (Lipinski definition) is 5. The summed E-state index contributed by atoms with van der Waals surface area (Å²) >= 11 is 6.40. The van der Waals surface area contributed by atoms with Crippen LogP contribution in [-0.2, 0) is 9.59 Å². The average molecular weight is 372 g/mol. The Balaban J connectivity index is 1.84. The second kappa shape index (κ2) is 5.27. The van der Waals surface area contributed by atoms with Crippen LogP contribution >= 0.6 is 38.6 Å². The highest BCUT2D eigenvalue weighted by molar-refractivity contribution is 9.11. The average Bonchev–Trinajstić information content (AvgIpc) is 3.07. The van der Waals surface area contributed by atoms with Gasteiger partial charge in [-0.25, -0.2) is 4.98 Å². The van der Waals surface area contributed by atoms with Gasteiger partial charge in [0.25, 0.3) is 0 Å². The van der Waals surface area contributed by atoms with Crippen LogP contribution in [0.1, 0.15) is 6.42 Å². The quantitative estimate of drug-likeness (QED) is 0.899. The number of amides is 2. The van der Waals surface area contributed by atoms with Crippen LogP contribution in [0.5, 0.6) is 0 Å². The molecule has 5 nitrogen and oxygen atoms in total. The van der Waals surface area contributed by atoms with Gasteiger partial charge in [0, 0.05) is 18.3 Å². The second-order valence-corrected chi connectivity index (χ2v) is 7.73. The normalized spacial score (nSPS) is 18.8. The zero-order valence-corrected chi connectivity index (χ0v) is 13.4. The van der Waals surface area contributed by atoms with E-state index < -0.39 is 11.8 Å². The third-order valence-corrected chi connectivity index (χ3v) is 5.59. The molecular formula is C12H10BrN3O2S2. The van der Waals surface area contributed by atoms with E-state index >= 15 is 0 Å². The lowest BCUT2D eigenvalue weighted by Gasteiger charge is -2.11.